The van der Waals surface area contributed by atoms with Gasteiger partial charge in [0, 0.05) is 5.39 Å². The molecule has 0 bridgehead atoms. The number of nitrogens with one attached hydrogen (secondary N) is 2. The van der Waals surface area contributed by atoms with Gasteiger partial charge in [-0.25, -0.2) is 4.39 Å². The molecule has 0 aliphatic rings. The average molecular weight is 250 g/mol. The molecule has 2 N–H and O–H groups in total. The molecule has 1 aromatic heterocycles. The minimum absolute atomic E-state index is 0.222. The van der Waals surface area contributed by atoms with Gasteiger partial charge in [-0.2, -0.15) is 0 Å². The summed E-state index contributed by atoms with van der Waals surface area (Å²) in [4.78, 5) is 0. The molecule has 0 atom stereocenters. The normalized spacial score (nSPS) is 11.3. The lowest BCUT2D eigenvalue weighted by atomic mass is 10.1. The Bertz CT molecular complexity index is 522. The summed E-state index contributed by atoms with van der Waals surface area (Å²) >= 11 is 0. The van der Waals surface area contributed by atoms with Crippen molar-refractivity contribution in [1.82, 2.24) is 10.6 Å². The van der Waals surface area contributed by atoms with Crippen LogP contribution in [-0.2, 0) is 6.54 Å². The molecule has 2 rings (SSSR count). The highest BCUT2D eigenvalue weighted by Crippen LogP contribution is 2.25. The maximum Gasteiger partial charge on any atom is 0.134 e. The molecule has 0 saturated heterocycles. The van der Waals surface area contributed by atoms with Gasteiger partial charge < -0.3 is 15.1 Å². The minimum Gasteiger partial charge on any atom is -0.459 e. The van der Waals surface area contributed by atoms with Crippen molar-refractivity contribution >= 4 is 11.0 Å². The molecule has 0 aliphatic heterocycles. The van der Waals surface area contributed by atoms with E-state index < -0.39 is 0 Å². The van der Waals surface area contributed by atoms with Crippen molar-refractivity contribution in [3.63, 3.8) is 0 Å². The molecule has 1 heterocycles. The molecule has 18 heavy (non-hydrogen) atoms. The smallest absolute Gasteiger partial charge is 0.134 e. The van der Waals surface area contributed by atoms with Crippen LogP contribution in [0.1, 0.15) is 17.7 Å². The molecule has 0 spiro atoms. The maximum atomic E-state index is 13.2. The number of hydrogen-bond acceptors (Lipinski definition) is 3. The number of aryl methyl sites for hydroxylation is 1. The average Bonchev–Trinajstić information content (AvgIpc) is 2.67. The van der Waals surface area contributed by atoms with Gasteiger partial charge in [0.15, 0.2) is 0 Å². The van der Waals surface area contributed by atoms with Crippen LogP contribution < -0.4 is 10.6 Å². The zero-order valence-electron chi connectivity index (χ0n) is 10.8. The Labute approximate surface area is 106 Å². The Morgan fingerprint density at radius 3 is 2.89 bits per heavy atom. The van der Waals surface area contributed by atoms with Crippen molar-refractivity contribution in [3.05, 3.63) is 35.3 Å². The molecule has 0 saturated carbocycles. The van der Waals surface area contributed by atoms with E-state index in [1.54, 1.807) is 6.07 Å². The van der Waals surface area contributed by atoms with E-state index in [2.05, 4.69) is 10.6 Å². The summed E-state index contributed by atoms with van der Waals surface area (Å²) in [5, 5.41) is 7.29. The fourth-order valence-electron chi connectivity index (χ4n) is 2.00. The first-order chi connectivity index (χ1) is 8.72. The molecule has 0 radical (unpaired) electrons. The lowest BCUT2D eigenvalue weighted by Gasteiger charge is -2.02. The molecule has 0 fully saturated rings. The van der Waals surface area contributed by atoms with Crippen molar-refractivity contribution in [3.8, 4) is 0 Å². The van der Waals surface area contributed by atoms with E-state index in [9.17, 15) is 4.39 Å². The lowest BCUT2D eigenvalue weighted by molar-refractivity contribution is 0.504. The Balaban J connectivity index is 2.03. The van der Waals surface area contributed by atoms with Crippen LogP contribution in [0.2, 0.25) is 0 Å². The minimum atomic E-state index is -0.222. The van der Waals surface area contributed by atoms with Crippen molar-refractivity contribution in [2.75, 3.05) is 20.1 Å². The molecule has 0 aliphatic carbocycles. The van der Waals surface area contributed by atoms with Crippen molar-refractivity contribution in [1.29, 1.82) is 0 Å². The molecule has 0 unspecified atom stereocenters. The van der Waals surface area contributed by atoms with Crippen LogP contribution in [0.3, 0.4) is 0 Å². The van der Waals surface area contributed by atoms with E-state index in [-0.39, 0.29) is 5.82 Å². The van der Waals surface area contributed by atoms with E-state index in [1.807, 2.05) is 14.0 Å². The second-order valence-corrected chi connectivity index (χ2v) is 4.42. The third-order valence-corrected chi connectivity index (χ3v) is 3.06. The molecule has 3 nitrogen and oxygen atoms in total. The Morgan fingerprint density at radius 2 is 2.11 bits per heavy atom. The highest BCUT2D eigenvalue weighted by atomic mass is 19.1. The van der Waals surface area contributed by atoms with Crippen LogP contribution in [0, 0.1) is 12.7 Å². The quantitative estimate of drug-likeness (QED) is 0.774. The second-order valence-electron chi connectivity index (χ2n) is 4.42. The third kappa shape index (κ3) is 2.89. The number of hydrogen-bond donors (Lipinski definition) is 2. The maximum absolute atomic E-state index is 13.2. The fourth-order valence-corrected chi connectivity index (χ4v) is 2.00. The standard InChI is InChI=1S/C14H19FN2O/c1-10-12-8-11(15)4-5-13(12)18-14(10)9-17-7-3-6-16-2/h4-5,8,16-17H,3,6-7,9H2,1-2H3. The fraction of sp³-hybridized carbons (Fsp3) is 0.429. The summed E-state index contributed by atoms with van der Waals surface area (Å²) < 4.78 is 18.9. The van der Waals surface area contributed by atoms with E-state index >= 15 is 0 Å². The largest absolute Gasteiger partial charge is 0.459 e. The van der Waals surface area contributed by atoms with Gasteiger partial charge >= 0.3 is 0 Å². The lowest BCUT2D eigenvalue weighted by Crippen LogP contribution is -2.19. The van der Waals surface area contributed by atoms with E-state index in [1.165, 1.54) is 12.1 Å². The summed E-state index contributed by atoms with van der Waals surface area (Å²) in [6, 6.07) is 4.64. The van der Waals surface area contributed by atoms with E-state index in [0.717, 1.165) is 41.8 Å². The zero-order valence-corrected chi connectivity index (χ0v) is 10.8. The van der Waals surface area contributed by atoms with Gasteiger partial charge in [0.05, 0.1) is 6.54 Å². The number of halogens is 1. The van der Waals surface area contributed by atoms with Crippen LogP contribution in [0.5, 0.6) is 0 Å². The highest BCUT2D eigenvalue weighted by molar-refractivity contribution is 5.82. The first-order valence-electron chi connectivity index (χ1n) is 6.25. The van der Waals surface area contributed by atoms with E-state index in [4.69, 9.17) is 4.42 Å². The summed E-state index contributed by atoms with van der Waals surface area (Å²) in [5.74, 6) is 0.667. The van der Waals surface area contributed by atoms with Gasteiger partial charge in [-0.1, -0.05) is 0 Å². The van der Waals surface area contributed by atoms with E-state index in [0.29, 0.717) is 6.54 Å². The van der Waals surface area contributed by atoms with Gasteiger partial charge in [0.2, 0.25) is 0 Å². The number of rotatable bonds is 6. The summed E-state index contributed by atoms with van der Waals surface area (Å²) in [5.41, 5.74) is 1.77. The van der Waals surface area contributed by atoms with Gasteiger partial charge in [-0.15, -0.1) is 0 Å². The predicted molar refractivity (Wildman–Crippen MR) is 71.2 cm³/mol. The van der Waals surface area contributed by atoms with Gasteiger partial charge in [0.1, 0.15) is 17.2 Å². The first kappa shape index (κ1) is 13.1. The van der Waals surface area contributed by atoms with Crippen LogP contribution in [0.4, 0.5) is 4.39 Å². The first-order valence-corrected chi connectivity index (χ1v) is 6.25. The summed E-state index contributed by atoms with van der Waals surface area (Å²) in [6.45, 7) is 4.59. The van der Waals surface area contributed by atoms with Crippen molar-refractivity contribution < 1.29 is 8.81 Å². The molecule has 98 valence electrons. The second kappa shape index (κ2) is 5.98. The Hall–Kier alpha value is -1.39. The molecule has 1 aromatic carbocycles. The molecular weight excluding hydrogens is 231 g/mol. The summed E-state index contributed by atoms with van der Waals surface area (Å²) in [7, 11) is 1.94. The third-order valence-electron chi connectivity index (χ3n) is 3.06. The predicted octanol–water partition coefficient (Wildman–Crippen LogP) is 2.58. The summed E-state index contributed by atoms with van der Waals surface area (Å²) in [6.07, 6.45) is 1.07. The molecule has 0 amide bonds. The molecular formula is C14H19FN2O. The highest BCUT2D eigenvalue weighted by Gasteiger charge is 2.10. The molecule has 2 aromatic rings. The van der Waals surface area contributed by atoms with Gasteiger partial charge in [-0.05, 0) is 57.2 Å². The van der Waals surface area contributed by atoms with Crippen LogP contribution in [-0.4, -0.2) is 20.1 Å². The van der Waals surface area contributed by atoms with Crippen molar-refractivity contribution in [2.24, 2.45) is 0 Å². The SMILES string of the molecule is CNCCCNCc1oc2ccc(F)cc2c1C. The zero-order chi connectivity index (χ0) is 13.0. The Morgan fingerprint density at radius 1 is 1.28 bits per heavy atom. The van der Waals surface area contributed by atoms with Crippen LogP contribution in [0.25, 0.3) is 11.0 Å². The number of furan rings is 1. The Kier molecular flexibility index (Phi) is 4.33. The number of benzene rings is 1. The van der Waals surface area contributed by atoms with Crippen LogP contribution in [0.15, 0.2) is 22.6 Å². The number of fused-ring (bicyclic) bond motifs is 1. The van der Waals surface area contributed by atoms with Gasteiger partial charge in [-0.3, -0.25) is 0 Å². The van der Waals surface area contributed by atoms with Crippen LogP contribution >= 0.6 is 0 Å². The van der Waals surface area contributed by atoms with Crippen molar-refractivity contribution in [2.45, 2.75) is 19.9 Å². The van der Waals surface area contributed by atoms with Gasteiger partial charge in [0.25, 0.3) is 0 Å². The molecule has 4 heteroatoms. The monoisotopic (exact) mass is 250 g/mol. The topological polar surface area (TPSA) is 37.2 Å².